The molecule has 0 fully saturated rings. The van der Waals surface area contributed by atoms with Crippen LogP contribution in [0.1, 0.15) is 16.1 Å². The van der Waals surface area contributed by atoms with E-state index in [0.717, 1.165) is 11.1 Å². The van der Waals surface area contributed by atoms with Crippen LogP contribution in [0.5, 0.6) is 0 Å². The minimum Gasteiger partial charge on any atom is -0.416 e. The third-order valence-corrected chi connectivity index (χ3v) is 4.68. The quantitative estimate of drug-likeness (QED) is 0.531. The highest BCUT2D eigenvalue weighted by atomic mass is 35.5. The van der Waals surface area contributed by atoms with Gasteiger partial charge >= 0.3 is 5.63 Å². The molecule has 1 N–H and O–H groups in total. The number of amides is 1. The summed E-state index contributed by atoms with van der Waals surface area (Å²) < 4.78 is 5.46. The van der Waals surface area contributed by atoms with Crippen LogP contribution in [0, 0.1) is 0 Å². The molecule has 5 heteroatoms. The molecule has 0 atom stereocenters. The smallest absolute Gasteiger partial charge is 0.344 e. The third-order valence-electron chi connectivity index (χ3n) is 4.45. The van der Waals surface area contributed by atoms with Gasteiger partial charge in [-0.1, -0.05) is 72.3 Å². The van der Waals surface area contributed by atoms with Crippen LogP contribution < -0.4 is 10.9 Å². The number of hydrogen-bond acceptors (Lipinski definition) is 3. The van der Waals surface area contributed by atoms with Gasteiger partial charge in [0.1, 0.15) is 0 Å². The predicted molar refractivity (Wildman–Crippen MR) is 111 cm³/mol. The van der Waals surface area contributed by atoms with Crippen molar-refractivity contribution in [2.24, 2.45) is 0 Å². The maximum atomic E-state index is 12.9. The molecular weight excluding hydrogens is 374 g/mol. The van der Waals surface area contributed by atoms with Crippen molar-refractivity contribution in [2.45, 2.75) is 6.54 Å². The summed E-state index contributed by atoms with van der Waals surface area (Å²) in [5, 5.41) is 4.52. The Balaban J connectivity index is 1.79. The van der Waals surface area contributed by atoms with E-state index in [1.165, 1.54) is 0 Å². The van der Waals surface area contributed by atoms with Crippen LogP contribution in [0.25, 0.3) is 21.9 Å². The van der Waals surface area contributed by atoms with Crippen LogP contribution in [0.3, 0.4) is 0 Å². The number of carbonyl (C=O) groups is 1. The van der Waals surface area contributed by atoms with Crippen LogP contribution in [0.2, 0.25) is 5.02 Å². The zero-order valence-electron chi connectivity index (χ0n) is 14.8. The minimum atomic E-state index is -0.539. The normalized spacial score (nSPS) is 10.8. The molecule has 0 radical (unpaired) electrons. The number of carbonyl (C=O) groups excluding carboxylic acids is 1. The summed E-state index contributed by atoms with van der Waals surface area (Å²) in [6.45, 7) is 0.268. The first-order chi connectivity index (χ1) is 13.6. The molecule has 4 aromatic rings. The average Bonchev–Trinajstić information content (AvgIpc) is 2.73. The summed E-state index contributed by atoms with van der Waals surface area (Å²) in [6.07, 6.45) is 0. The number of hydrogen-bond donors (Lipinski definition) is 1. The molecule has 1 aromatic heterocycles. The summed E-state index contributed by atoms with van der Waals surface area (Å²) in [5.41, 5.74) is 1.71. The number of benzene rings is 3. The Bertz CT molecular complexity index is 1220. The molecule has 0 spiro atoms. The van der Waals surface area contributed by atoms with Gasteiger partial charge in [0.2, 0.25) is 5.76 Å². The van der Waals surface area contributed by atoms with E-state index in [-0.39, 0.29) is 12.3 Å². The second-order valence-corrected chi connectivity index (χ2v) is 6.75. The van der Waals surface area contributed by atoms with Crippen molar-refractivity contribution in [3.05, 3.63) is 106 Å². The molecule has 4 nitrogen and oxygen atoms in total. The zero-order valence-corrected chi connectivity index (χ0v) is 15.6. The van der Waals surface area contributed by atoms with Crippen molar-refractivity contribution in [3.63, 3.8) is 0 Å². The molecule has 0 aliphatic rings. The molecule has 0 aliphatic heterocycles. The number of rotatable bonds is 4. The predicted octanol–water partition coefficient (Wildman–Crippen LogP) is 5.04. The fraction of sp³-hybridized carbons (Fsp3) is 0.0435. The molecule has 0 bridgehead atoms. The molecular formula is C23H16ClNO3. The van der Waals surface area contributed by atoms with E-state index >= 15 is 0 Å². The average molecular weight is 390 g/mol. The Morgan fingerprint density at radius 1 is 0.893 bits per heavy atom. The second-order valence-electron chi connectivity index (χ2n) is 6.32. The van der Waals surface area contributed by atoms with Gasteiger partial charge in [0.25, 0.3) is 5.91 Å². The number of nitrogens with one attached hydrogen (secondary N) is 1. The summed E-state index contributed by atoms with van der Waals surface area (Å²) in [7, 11) is 0. The van der Waals surface area contributed by atoms with E-state index in [1.807, 2.05) is 54.6 Å². The molecule has 0 unspecified atom stereocenters. The molecule has 0 aliphatic carbocycles. The van der Waals surface area contributed by atoms with E-state index in [4.69, 9.17) is 16.0 Å². The second kappa shape index (κ2) is 7.71. The third kappa shape index (κ3) is 3.55. The van der Waals surface area contributed by atoms with Gasteiger partial charge in [-0.25, -0.2) is 4.79 Å². The fourth-order valence-corrected chi connectivity index (χ4v) is 3.37. The highest BCUT2D eigenvalue weighted by molar-refractivity contribution is 6.30. The summed E-state index contributed by atoms with van der Waals surface area (Å²) in [5.74, 6) is -0.460. The minimum absolute atomic E-state index is 0.00284. The Labute approximate surface area is 166 Å². The van der Waals surface area contributed by atoms with Gasteiger partial charge in [-0.3, -0.25) is 4.79 Å². The molecule has 138 valence electrons. The van der Waals surface area contributed by atoms with Crippen molar-refractivity contribution in [1.29, 1.82) is 0 Å². The lowest BCUT2D eigenvalue weighted by Crippen LogP contribution is -2.25. The standard InChI is InChI=1S/C23H16ClNO3/c24-17-10-6-7-15(13-17)14-25-22(26)21-20(16-8-2-1-3-9-16)18-11-4-5-12-19(18)23(27)28-21/h1-13H,14H2,(H,25,26). The van der Waals surface area contributed by atoms with Gasteiger partial charge in [0.05, 0.1) is 5.39 Å². The Hall–Kier alpha value is -3.37. The first kappa shape index (κ1) is 18.0. The molecule has 28 heavy (non-hydrogen) atoms. The van der Waals surface area contributed by atoms with Crippen LogP contribution in [-0.2, 0) is 6.54 Å². The van der Waals surface area contributed by atoms with Crippen molar-refractivity contribution in [3.8, 4) is 11.1 Å². The maximum Gasteiger partial charge on any atom is 0.344 e. The molecule has 1 amide bonds. The monoisotopic (exact) mass is 389 g/mol. The van der Waals surface area contributed by atoms with Crippen molar-refractivity contribution in [1.82, 2.24) is 5.32 Å². The topological polar surface area (TPSA) is 59.3 Å². The zero-order chi connectivity index (χ0) is 19.5. The van der Waals surface area contributed by atoms with Crippen molar-refractivity contribution < 1.29 is 9.21 Å². The molecule has 0 saturated heterocycles. The van der Waals surface area contributed by atoms with Crippen LogP contribution in [-0.4, -0.2) is 5.91 Å². The van der Waals surface area contributed by atoms with Gasteiger partial charge < -0.3 is 9.73 Å². The van der Waals surface area contributed by atoms with Crippen LogP contribution >= 0.6 is 11.6 Å². The maximum absolute atomic E-state index is 12.9. The van der Waals surface area contributed by atoms with E-state index < -0.39 is 11.5 Å². The Kier molecular flexibility index (Phi) is 4.96. The van der Waals surface area contributed by atoms with Crippen LogP contribution in [0.4, 0.5) is 0 Å². The highest BCUT2D eigenvalue weighted by Gasteiger charge is 2.21. The Morgan fingerprint density at radius 2 is 1.61 bits per heavy atom. The first-order valence-electron chi connectivity index (χ1n) is 8.77. The van der Waals surface area contributed by atoms with Crippen LogP contribution in [0.15, 0.2) is 88.1 Å². The van der Waals surface area contributed by atoms with Gasteiger partial charge in [0, 0.05) is 22.5 Å². The van der Waals surface area contributed by atoms with E-state index in [9.17, 15) is 9.59 Å². The van der Waals surface area contributed by atoms with Gasteiger partial charge in [-0.05, 0) is 29.3 Å². The lowest BCUT2D eigenvalue weighted by atomic mass is 9.98. The van der Waals surface area contributed by atoms with E-state index in [1.54, 1.807) is 24.3 Å². The number of halogens is 1. The largest absolute Gasteiger partial charge is 0.416 e. The summed E-state index contributed by atoms with van der Waals surface area (Å²) in [6, 6.07) is 23.8. The lowest BCUT2D eigenvalue weighted by molar-refractivity contribution is 0.0920. The number of fused-ring (bicyclic) bond motifs is 1. The van der Waals surface area contributed by atoms with Gasteiger partial charge in [-0.15, -0.1) is 0 Å². The summed E-state index contributed by atoms with van der Waals surface area (Å²) in [4.78, 5) is 25.4. The van der Waals surface area contributed by atoms with Crippen molar-refractivity contribution in [2.75, 3.05) is 0 Å². The molecule has 1 heterocycles. The molecule has 3 aromatic carbocycles. The SMILES string of the molecule is O=C(NCc1cccc(Cl)c1)c1oc(=O)c2ccccc2c1-c1ccccc1. The van der Waals surface area contributed by atoms with E-state index in [0.29, 0.717) is 21.4 Å². The van der Waals surface area contributed by atoms with Gasteiger partial charge in [-0.2, -0.15) is 0 Å². The first-order valence-corrected chi connectivity index (χ1v) is 9.15. The van der Waals surface area contributed by atoms with Crippen molar-refractivity contribution >= 4 is 28.3 Å². The Morgan fingerprint density at radius 3 is 2.36 bits per heavy atom. The highest BCUT2D eigenvalue weighted by Crippen LogP contribution is 2.30. The summed E-state index contributed by atoms with van der Waals surface area (Å²) >= 11 is 6.00. The fourth-order valence-electron chi connectivity index (χ4n) is 3.16. The van der Waals surface area contributed by atoms with Gasteiger partial charge in [0.15, 0.2) is 0 Å². The molecule has 4 rings (SSSR count). The lowest BCUT2D eigenvalue weighted by Gasteiger charge is -2.12. The molecule has 0 saturated carbocycles. The van der Waals surface area contributed by atoms with E-state index in [2.05, 4.69) is 5.32 Å².